The molecule has 1 aliphatic rings. The smallest absolute Gasteiger partial charge is 0.330 e. The minimum absolute atomic E-state index is 0.0138. The van der Waals surface area contributed by atoms with Gasteiger partial charge in [0.1, 0.15) is 17.6 Å². The SMILES string of the molecule is C/C(=C\Cc1cccc2c1OC(c1ccc(O)cc1)CC2=O)C(=O)O. The number of ketones is 1. The summed E-state index contributed by atoms with van der Waals surface area (Å²) in [7, 11) is 0. The summed E-state index contributed by atoms with van der Waals surface area (Å²) >= 11 is 0. The van der Waals surface area contributed by atoms with Crippen LogP contribution < -0.4 is 4.74 Å². The van der Waals surface area contributed by atoms with E-state index < -0.39 is 12.1 Å². The fourth-order valence-electron chi connectivity index (χ4n) is 2.79. The molecule has 0 spiro atoms. The van der Waals surface area contributed by atoms with Gasteiger partial charge in [-0.15, -0.1) is 0 Å². The number of phenolic OH excluding ortho intramolecular Hbond substituents is 1. The minimum Gasteiger partial charge on any atom is -0.508 e. The predicted octanol–water partition coefficient (Wildman–Crippen LogP) is 3.67. The largest absolute Gasteiger partial charge is 0.508 e. The van der Waals surface area contributed by atoms with Gasteiger partial charge in [-0.3, -0.25) is 4.79 Å². The van der Waals surface area contributed by atoms with E-state index >= 15 is 0 Å². The molecule has 0 amide bonds. The number of carbonyl (C=O) groups excluding carboxylic acids is 1. The summed E-state index contributed by atoms with van der Waals surface area (Å²) in [6.45, 7) is 1.53. The van der Waals surface area contributed by atoms with E-state index in [-0.39, 0.29) is 23.5 Å². The minimum atomic E-state index is -0.969. The Morgan fingerprint density at radius 2 is 1.96 bits per heavy atom. The number of carbonyl (C=O) groups is 2. The average molecular weight is 338 g/mol. The van der Waals surface area contributed by atoms with Crippen molar-refractivity contribution in [1.82, 2.24) is 0 Å². The Balaban J connectivity index is 1.93. The van der Waals surface area contributed by atoms with Crippen molar-refractivity contribution < 1.29 is 24.5 Å². The Morgan fingerprint density at radius 1 is 1.24 bits per heavy atom. The first kappa shape index (κ1) is 16.8. The highest BCUT2D eigenvalue weighted by molar-refractivity contribution is 6.00. The van der Waals surface area contributed by atoms with Crippen LogP contribution in [0.4, 0.5) is 0 Å². The number of benzene rings is 2. The number of hydrogen-bond donors (Lipinski definition) is 2. The van der Waals surface area contributed by atoms with Crippen molar-refractivity contribution in [2.24, 2.45) is 0 Å². The number of hydrogen-bond acceptors (Lipinski definition) is 4. The number of phenols is 1. The van der Waals surface area contributed by atoms with Gasteiger partial charge in [-0.1, -0.05) is 30.3 Å². The molecule has 1 atom stereocenters. The lowest BCUT2D eigenvalue weighted by atomic mass is 9.93. The zero-order chi connectivity index (χ0) is 18.0. The van der Waals surface area contributed by atoms with E-state index in [9.17, 15) is 14.7 Å². The van der Waals surface area contributed by atoms with E-state index in [1.165, 1.54) is 6.92 Å². The van der Waals surface area contributed by atoms with Crippen molar-refractivity contribution in [3.05, 3.63) is 70.8 Å². The zero-order valence-corrected chi connectivity index (χ0v) is 13.7. The maximum absolute atomic E-state index is 12.5. The fraction of sp³-hybridized carbons (Fsp3) is 0.200. The molecule has 1 unspecified atom stereocenters. The molecule has 2 aromatic rings. The number of ether oxygens (including phenoxy) is 1. The normalized spacial score (nSPS) is 16.9. The second-order valence-corrected chi connectivity index (χ2v) is 6.02. The summed E-state index contributed by atoms with van der Waals surface area (Å²) in [5.74, 6) is -0.323. The fourth-order valence-corrected chi connectivity index (χ4v) is 2.79. The van der Waals surface area contributed by atoms with Crippen molar-refractivity contribution in [3.63, 3.8) is 0 Å². The van der Waals surface area contributed by atoms with Gasteiger partial charge in [0.15, 0.2) is 5.78 Å². The van der Waals surface area contributed by atoms with E-state index in [4.69, 9.17) is 9.84 Å². The van der Waals surface area contributed by atoms with Crippen LogP contribution in [0.1, 0.15) is 40.9 Å². The maximum Gasteiger partial charge on any atom is 0.330 e. The van der Waals surface area contributed by atoms with Gasteiger partial charge in [0.2, 0.25) is 0 Å². The molecule has 0 aliphatic carbocycles. The number of aromatic hydroxyl groups is 1. The Bertz CT molecular complexity index is 849. The summed E-state index contributed by atoms with van der Waals surface area (Å²) in [6.07, 6.45) is 1.78. The molecule has 0 bridgehead atoms. The molecule has 2 N–H and O–H groups in total. The van der Waals surface area contributed by atoms with Gasteiger partial charge in [-0.2, -0.15) is 0 Å². The highest BCUT2D eigenvalue weighted by Crippen LogP contribution is 2.38. The van der Waals surface area contributed by atoms with E-state index in [2.05, 4.69) is 0 Å². The molecule has 3 rings (SSSR count). The van der Waals surface area contributed by atoms with Crippen LogP contribution in [-0.2, 0) is 11.2 Å². The first-order valence-electron chi connectivity index (χ1n) is 7.96. The Hall–Kier alpha value is -3.08. The Morgan fingerprint density at radius 3 is 2.64 bits per heavy atom. The van der Waals surface area contributed by atoms with Crippen LogP contribution in [0.3, 0.4) is 0 Å². The second kappa shape index (κ2) is 6.81. The number of carboxylic acid groups (broad SMARTS) is 1. The van der Waals surface area contributed by atoms with Gasteiger partial charge >= 0.3 is 5.97 Å². The number of rotatable bonds is 4. The van der Waals surface area contributed by atoms with Crippen LogP contribution in [-0.4, -0.2) is 22.0 Å². The third-order valence-corrected chi connectivity index (χ3v) is 4.26. The summed E-state index contributed by atoms with van der Waals surface area (Å²) in [4.78, 5) is 23.4. The Kier molecular flexibility index (Phi) is 4.57. The number of para-hydroxylation sites is 1. The molecular formula is C20H18O5. The number of carboxylic acids is 1. The van der Waals surface area contributed by atoms with Gasteiger partial charge in [0.25, 0.3) is 0 Å². The van der Waals surface area contributed by atoms with E-state index in [1.807, 2.05) is 6.07 Å². The van der Waals surface area contributed by atoms with Gasteiger partial charge in [-0.25, -0.2) is 4.79 Å². The monoisotopic (exact) mass is 338 g/mol. The van der Waals surface area contributed by atoms with Gasteiger partial charge in [0, 0.05) is 5.57 Å². The molecule has 128 valence electrons. The molecule has 0 radical (unpaired) electrons. The predicted molar refractivity (Wildman–Crippen MR) is 92.0 cm³/mol. The van der Waals surface area contributed by atoms with E-state index in [1.54, 1.807) is 42.5 Å². The molecule has 1 aliphatic heterocycles. The molecule has 0 saturated carbocycles. The molecule has 0 aromatic heterocycles. The van der Waals surface area contributed by atoms with Crippen molar-refractivity contribution in [2.75, 3.05) is 0 Å². The van der Waals surface area contributed by atoms with Crippen molar-refractivity contribution in [3.8, 4) is 11.5 Å². The number of aliphatic carboxylic acids is 1. The summed E-state index contributed by atoms with van der Waals surface area (Å²) < 4.78 is 6.07. The van der Waals surface area contributed by atoms with Crippen LogP contribution in [0, 0.1) is 0 Å². The highest BCUT2D eigenvalue weighted by atomic mass is 16.5. The highest BCUT2D eigenvalue weighted by Gasteiger charge is 2.29. The van der Waals surface area contributed by atoms with Crippen LogP contribution >= 0.6 is 0 Å². The molecule has 5 heteroatoms. The Labute approximate surface area is 145 Å². The van der Waals surface area contributed by atoms with Crippen LogP contribution in [0.15, 0.2) is 54.1 Å². The first-order chi connectivity index (χ1) is 12.0. The van der Waals surface area contributed by atoms with Crippen molar-refractivity contribution in [2.45, 2.75) is 25.9 Å². The molecule has 1 heterocycles. The number of Topliss-reactive ketones (excluding diaryl/α,β-unsaturated/α-hetero) is 1. The summed E-state index contributed by atoms with van der Waals surface area (Å²) in [5, 5.41) is 18.4. The second-order valence-electron chi connectivity index (χ2n) is 6.02. The quantitative estimate of drug-likeness (QED) is 0.831. The molecule has 0 saturated heterocycles. The van der Waals surface area contributed by atoms with Crippen LogP contribution in [0.25, 0.3) is 0 Å². The average Bonchev–Trinajstić information content (AvgIpc) is 2.60. The number of fused-ring (bicyclic) bond motifs is 1. The molecular weight excluding hydrogens is 320 g/mol. The lowest BCUT2D eigenvalue weighted by Gasteiger charge is -2.27. The molecule has 0 fully saturated rings. The number of allylic oxidation sites excluding steroid dienone is 1. The standard InChI is InChI=1S/C20H18O5/c1-12(20(23)24)5-6-14-3-2-4-16-17(22)11-18(25-19(14)16)13-7-9-15(21)10-8-13/h2-5,7-10,18,21H,6,11H2,1H3,(H,23,24)/b12-5+. The third kappa shape index (κ3) is 3.55. The molecule has 2 aromatic carbocycles. The van der Waals surface area contributed by atoms with Crippen LogP contribution in [0.2, 0.25) is 0 Å². The van der Waals surface area contributed by atoms with E-state index in [0.717, 1.165) is 11.1 Å². The third-order valence-electron chi connectivity index (χ3n) is 4.26. The zero-order valence-electron chi connectivity index (χ0n) is 13.7. The van der Waals surface area contributed by atoms with Gasteiger partial charge in [-0.05, 0) is 42.7 Å². The summed E-state index contributed by atoms with van der Waals surface area (Å²) in [5.41, 5.74) is 2.35. The van der Waals surface area contributed by atoms with Crippen molar-refractivity contribution in [1.29, 1.82) is 0 Å². The lowest BCUT2D eigenvalue weighted by Crippen LogP contribution is -2.21. The summed E-state index contributed by atoms with van der Waals surface area (Å²) in [6, 6.07) is 11.9. The van der Waals surface area contributed by atoms with Gasteiger partial charge < -0.3 is 14.9 Å². The van der Waals surface area contributed by atoms with Gasteiger partial charge in [0.05, 0.1) is 12.0 Å². The lowest BCUT2D eigenvalue weighted by molar-refractivity contribution is -0.132. The first-order valence-corrected chi connectivity index (χ1v) is 7.96. The molecule has 5 nitrogen and oxygen atoms in total. The van der Waals surface area contributed by atoms with Crippen LogP contribution in [0.5, 0.6) is 11.5 Å². The van der Waals surface area contributed by atoms with E-state index in [0.29, 0.717) is 17.7 Å². The van der Waals surface area contributed by atoms with Crippen molar-refractivity contribution >= 4 is 11.8 Å². The maximum atomic E-state index is 12.5. The molecule has 25 heavy (non-hydrogen) atoms. The topological polar surface area (TPSA) is 83.8 Å².